The molecule has 4 rings (SSSR count). The highest BCUT2D eigenvalue weighted by molar-refractivity contribution is 6.39. The zero-order valence-corrected chi connectivity index (χ0v) is 38.0. The van der Waals surface area contributed by atoms with Gasteiger partial charge in [-0.2, -0.15) is 0 Å². The Balaban J connectivity index is 1.79. The minimum Gasteiger partial charge on any atom is -0.481 e. The maximum Gasteiger partial charge on any atom is 0.329 e. The Morgan fingerprint density at radius 1 is 0.903 bits per heavy atom. The third-order valence-corrected chi connectivity index (χ3v) is 13.5. The number of carbonyl (C=O) groups excluding carboxylic acids is 4. The number of aliphatic hydroxyl groups is 3. The molecule has 350 valence electrons. The Morgan fingerprint density at radius 3 is 2.24 bits per heavy atom. The van der Waals surface area contributed by atoms with Crippen molar-refractivity contribution in [1.82, 2.24) is 4.90 Å². The molecule has 1 aliphatic carbocycles. The summed E-state index contributed by atoms with van der Waals surface area (Å²) in [6.45, 7) is 9.09. The molecule has 15 heteroatoms. The molecule has 0 aromatic rings. The topological polar surface area (TPSA) is 216 Å². The number of ether oxygens (including phenoxy) is 5. The van der Waals surface area contributed by atoms with E-state index in [0.29, 0.717) is 56.9 Å². The lowest BCUT2D eigenvalue weighted by atomic mass is 9.81. The number of aliphatic hydroxyl groups excluding tert-OH is 2. The Kier molecular flexibility index (Phi) is 19.5. The molecule has 3 aliphatic heterocycles. The lowest BCUT2D eigenvalue weighted by Crippen LogP contribution is -2.64. The fourth-order valence-electron chi connectivity index (χ4n) is 9.81. The molecule has 0 spiro atoms. The minimum absolute atomic E-state index is 0.0474. The van der Waals surface area contributed by atoms with Crippen LogP contribution in [0.25, 0.3) is 0 Å². The minimum atomic E-state index is -2.54. The van der Waals surface area contributed by atoms with Crippen LogP contribution in [0.5, 0.6) is 0 Å². The number of ketones is 2. The lowest BCUT2D eigenvalue weighted by molar-refractivity contribution is -0.302. The first kappa shape index (κ1) is 51.3. The summed E-state index contributed by atoms with van der Waals surface area (Å²) in [7, 11) is 4.56. The molecular formula is C47H73NO14. The smallest absolute Gasteiger partial charge is 0.329 e. The molecule has 3 fully saturated rings. The van der Waals surface area contributed by atoms with Crippen molar-refractivity contribution >= 4 is 29.4 Å². The number of cyclic esters (lactones) is 1. The van der Waals surface area contributed by atoms with Crippen LogP contribution in [-0.4, -0.2) is 137 Å². The maximum absolute atomic E-state index is 14.4. The molecule has 3 heterocycles. The summed E-state index contributed by atoms with van der Waals surface area (Å²) in [5.41, 5.74) is 1.51. The van der Waals surface area contributed by atoms with Crippen molar-refractivity contribution < 1.29 is 68.1 Å². The van der Waals surface area contributed by atoms with Gasteiger partial charge in [-0.15, -0.1) is 0 Å². The first-order valence-corrected chi connectivity index (χ1v) is 22.5. The van der Waals surface area contributed by atoms with E-state index in [1.807, 2.05) is 26.0 Å². The summed E-state index contributed by atoms with van der Waals surface area (Å²) in [6, 6.07) is -1.18. The van der Waals surface area contributed by atoms with E-state index in [-0.39, 0.29) is 62.4 Å². The monoisotopic (exact) mass is 876 g/mol. The fraction of sp³-hybridized carbons (Fsp3) is 0.766. The van der Waals surface area contributed by atoms with E-state index in [1.165, 1.54) is 14.2 Å². The summed E-state index contributed by atoms with van der Waals surface area (Å²) in [5.74, 6) is -9.18. The lowest BCUT2D eigenvalue weighted by Gasteiger charge is -2.47. The third-order valence-electron chi connectivity index (χ3n) is 13.5. The number of hydrogen-bond acceptors (Lipinski definition) is 13. The summed E-state index contributed by atoms with van der Waals surface area (Å²) >= 11 is 0. The van der Waals surface area contributed by atoms with Gasteiger partial charge in [0.2, 0.25) is 5.79 Å². The highest BCUT2D eigenvalue weighted by Gasteiger charge is 2.56. The number of methoxy groups -OCH3 is 3. The molecule has 4 N–H and O–H groups in total. The van der Waals surface area contributed by atoms with E-state index in [9.17, 15) is 39.3 Å². The van der Waals surface area contributed by atoms with Gasteiger partial charge in [-0.05, 0) is 102 Å². The van der Waals surface area contributed by atoms with Gasteiger partial charge in [-0.3, -0.25) is 19.2 Å². The molecule has 0 aromatic heterocycles. The number of piperidine rings is 1. The molecule has 0 radical (unpaired) electrons. The average molecular weight is 876 g/mol. The van der Waals surface area contributed by atoms with Crippen LogP contribution in [0.4, 0.5) is 0 Å². The quantitative estimate of drug-likeness (QED) is 0.131. The number of carboxylic acids is 1. The summed E-state index contributed by atoms with van der Waals surface area (Å²) in [6.07, 6.45) is 6.16. The van der Waals surface area contributed by atoms with Crippen LogP contribution in [0.1, 0.15) is 118 Å². The number of nitrogens with zero attached hydrogens (tertiary/aromatic N) is 1. The summed E-state index contributed by atoms with van der Waals surface area (Å²) in [5, 5.41) is 43.5. The van der Waals surface area contributed by atoms with Crippen LogP contribution in [0.3, 0.4) is 0 Å². The van der Waals surface area contributed by atoms with Gasteiger partial charge in [0.05, 0.1) is 30.5 Å². The predicted octanol–water partition coefficient (Wildman–Crippen LogP) is 4.87. The van der Waals surface area contributed by atoms with Gasteiger partial charge < -0.3 is 49.0 Å². The molecule has 0 aromatic carbocycles. The van der Waals surface area contributed by atoms with Crippen LogP contribution in [0.15, 0.2) is 35.5 Å². The number of aliphatic carboxylic acids is 1. The normalized spacial score (nSPS) is 38.8. The second-order valence-corrected chi connectivity index (χ2v) is 18.4. The fourth-order valence-corrected chi connectivity index (χ4v) is 9.81. The van der Waals surface area contributed by atoms with E-state index in [1.54, 1.807) is 40.0 Å². The average Bonchev–Trinajstić information content (AvgIpc) is 3.24. The van der Waals surface area contributed by atoms with E-state index < -0.39 is 89.8 Å². The first-order chi connectivity index (χ1) is 29.3. The Bertz CT molecular complexity index is 1640. The van der Waals surface area contributed by atoms with E-state index in [0.717, 1.165) is 10.5 Å². The number of rotatable bonds is 10. The van der Waals surface area contributed by atoms with Gasteiger partial charge in [0.25, 0.3) is 11.7 Å². The predicted molar refractivity (Wildman–Crippen MR) is 228 cm³/mol. The standard InChI is InChI=1S/C47H73NO14/c1-27-20-28(2)22-39(59-7)43-40(60-8)24-30(4)47(57,62-43)44(54)45(55)48-19-13-12-15-34(48)46(56)61-42(29(3)23-32-17-18-35(49)38(25-32)58-6)31(5)36(50)26-37(51)33(21-27)14-10-9-11-16-41(52)53/h9-10,21,23,28,30-36,38-40,42-43,49-50,57H,11-20,22,24-26H2,1-8H3,(H,52,53)/b10-9+,27-21+,29-23+/t28-,30+,31+,32-,33+,34-,35+,36-,38+,39-,40-,42+,43+,47+/m0/s1. The van der Waals surface area contributed by atoms with E-state index >= 15 is 0 Å². The van der Waals surface area contributed by atoms with Crippen LogP contribution < -0.4 is 0 Å². The molecule has 14 atom stereocenters. The number of hydrogen-bond donors (Lipinski definition) is 4. The molecule has 62 heavy (non-hydrogen) atoms. The highest BCUT2D eigenvalue weighted by atomic mass is 16.7. The van der Waals surface area contributed by atoms with Gasteiger partial charge in [0.1, 0.15) is 24.0 Å². The number of esters is 1. The molecule has 1 amide bonds. The number of fused-ring (bicyclic) bond motifs is 3. The van der Waals surface area contributed by atoms with Gasteiger partial charge in [-0.1, -0.05) is 50.6 Å². The van der Waals surface area contributed by atoms with Crippen molar-refractivity contribution in [2.45, 2.75) is 173 Å². The highest BCUT2D eigenvalue weighted by Crippen LogP contribution is 2.39. The number of allylic oxidation sites excluding steroid dienone is 5. The molecule has 2 bridgehead atoms. The zero-order valence-electron chi connectivity index (χ0n) is 38.0. The molecule has 0 unspecified atom stereocenters. The van der Waals surface area contributed by atoms with Crippen LogP contribution in [0.2, 0.25) is 0 Å². The maximum atomic E-state index is 14.4. The van der Waals surface area contributed by atoms with Crippen molar-refractivity contribution in [3.63, 3.8) is 0 Å². The second-order valence-electron chi connectivity index (χ2n) is 18.4. The Labute approximate surface area is 367 Å². The number of carbonyl (C=O) groups is 5. The van der Waals surface area contributed by atoms with Gasteiger partial charge in [0, 0.05) is 58.5 Å². The number of Topliss-reactive ketones (excluding diaryl/α,β-unsaturated/α-hetero) is 2. The van der Waals surface area contributed by atoms with Gasteiger partial charge in [0.15, 0.2) is 0 Å². The van der Waals surface area contributed by atoms with E-state index in [2.05, 4.69) is 0 Å². The third kappa shape index (κ3) is 13.1. The Morgan fingerprint density at radius 2 is 1.58 bits per heavy atom. The van der Waals surface area contributed by atoms with Crippen molar-refractivity contribution in [3.8, 4) is 0 Å². The second kappa shape index (κ2) is 23.6. The summed E-state index contributed by atoms with van der Waals surface area (Å²) in [4.78, 5) is 69.5. The molecule has 15 nitrogen and oxygen atoms in total. The molecule has 2 saturated heterocycles. The van der Waals surface area contributed by atoms with Crippen molar-refractivity contribution in [2.75, 3.05) is 27.9 Å². The van der Waals surface area contributed by atoms with Gasteiger partial charge in [-0.25, -0.2) is 4.79 Å². The zero-order chi connectivity index (χ0) is 45.9. The molecule has 4 aliphatic rings. The van der Waals surface area contributed by atoms with Crippen molar-refractivity contribution in [3.05, 3.63) is 35.5 Å². The number of amides is 1. The van der Waals surface area contributed by atoms with Crippen LogP contribution in [-0.2, 0) is 47.7 Å². The molecular weight excluding hydrogens is 803 g/mol. The Hall–Kier alpha value is -3.31. The van der Waals surface area contributed by atoms with E-state index in [4.69, 9.17) is 28.8 Å². The summed E-state index contributed by atoms with van der Waals surface area (Å²) < 4.78 is 29.8. The van der Waals surface area contributed by atoms with Crippen LogP contribution >= 0.6 is 0 Å². The number of carboxylic acid groups (broad SMARTS) is 1. The van der Waals surface area contributed by atoms with Crippen molar-refractivity contribution in [1.29, 1.82) is 0 Å². The molecule has 1 saturated carbocycles. The largest absolute Gasteiger partial charge is 0.481 e. The van der Waals surface area contributed by atoms with Crippen molar-refractivity contribution in [2.24, 2.45) is 29.6 Å². The van der Waals surface area contributed by atoms with Gasteiger partial charge >= 0.3 is 11.9 Å². The first-order valence-electron chi connectivity index (χ1n) is 22.5. The van der Waals surface area contributed by atoms with Crippen LogP contribution in [0, 0.1) is 29.6 Å². The SMILES string of the molecule is CO[C@H]1C[C@@H](C)C/C(C)=C/[C@@H](C/C=C/CCC(=O)O)C(=O)C[C@H](O)[C@@H](C)[C@@H](/C(C)=C/[C@@H]2CC[C@@H](O)[C@H](OC)C2)OC(=O)[C@@H]2CCCCN2C(=O)C(=O)[C@]2(O)O[C@H]1[C@@H](OC)C[C@H]2C.